The summed E-state index contributed by atoms with van der Waals surface area (Å²) < 4.78 is 0. The molecule has 0 saturated heterocycles. The van der Waals surface area contributed by atoms with Crippen molar-refractivity contribution >= 4 is 21.7 Å². The summed E-state index contributed by atoms with van der Waals surface area (Å²) in [5, 5.41) is 17.6. The van der Waals surface area contributed by atoms with E-state index in [9.17, 15) is 9.90 Å². The Hall–Kier alpha value is -0.400. The average molecular weight is 206 g/mol. The van der Waals surface area contributed by atoms with Crippen LogP contribution in [-0.2, 0) is 4.79 Å². The van der Waals surface area contributed by atoms with Gasteiger partial charge in [-0.2, -0.15) is 5.26 Å². The molecule has 56 valence electrons. The van der Waals surface area contributed by atoms with Gasteiger partial charge in [0.25, 0.3) is 0 Å². The van der Waals surface area contributed by atoms with Crippen LogP contribution in [0, 0.1) is 11.3 Å². The third-order valence-corrected chi connectivity index (χ3v) is 2.42. The van der Waals surface area contributed by atoms with Gasteiger partial charge in [-0.3, -0.25) is 4.79 Å². The third-order valence-electron chi connectivity index (χ3n) is 1.32. The number of carbonyl (C=O) groups is 1. The summed E-state index contributed by atoms with van der Waals surface area (Å²) in [6, 6.07) is 1.73. The van der Waals surface area contributed by atoms with Crippen LogP contribution in [0.25, 0.3) is 0 Å². The summed E-state index contributed by atoms with van der Waals surface area (Å²) >= 11 is 2.87. The monoisotopic (exact) mass is 205 g/mol. The minimum absolute atomic E-state index is 0.420. The van der Waals surface area contributed by atoms with Crippen LogP contribution in [0.3, 0.4) is 0 Å². The van der Waals surface area contributed by atoms with Crippen molar-refractivity contribution in [3.63, 3.8) is 0 Å². The maximum Gasteiger partial charge on any atom is 0.163 e. The Labute approximate surface area is 67.8 Å². The summed E-state index contributed by atoms with van der Waals surface area (Å²) in [6.07, 6.45) is 0. The standard InChI is InChI=1S/C6H8BrNO2/c1-4(9)6(2,10)5(7)3-8/h5,10H,1-2H3. The Bertz CT molecular complexity index is 183. The number of halogens is 1. The molecule has 0 aromatic rings. The van der Waals surface area contributed by atoms with E-state index in [1.165, 1.54) is 13.8 Å². The summed E-state index contributed by atoms with van der Waals surface area (Å²) in [5.41, 5.74) is -1.57. The van der Waals surface area contributed by atoms with Crippen LogP contribution in [0.2, 0.25) is 0 Å². The van der Waals surface area contributed by atoms with Gasteiger partial charge in [0.15, 0.2) is 5.78 Å². The highest BCUT2D eigenvalue weighted by molar-refractivity contribution is 9.09. The largest absolute Gasteiger partial charge is 0.380 e. The van der Waals surface area contributed by atoms with Gasteiger partial charge >= 0.3 is 0 Å². The molecule has 0 saturated carbocycles. The zero-order valence-corrected chi connectivity index (χ0v) is 7.34. The number of hydrogen-bond donors (Lipinski definition) is 1. The molecular formula is C6H8BrNO2. The zero-order valence-electron chi connectivity index (χ0n) is 5.76. The number of alkyl halides is 1. The van der Waals surface area contributed by atoms with Gasteiger partial charge in [-0.15, -0.1) is 0 Å². The van der Waals surface area contributed by atoms with Gasteiger partial charge in [0, 0.05) is 0 Å². The summed E-state index contributed by atoms with van der Waals surface area (Å²) in [5.74, 6) is -0.420. The molecule has 4 heteroatoms. The average Bonchev–Trinajstić information content (AvgIpc) is 1.86. The Balaban J connectivity index is 4.43. The van der Waals surface area contributed by atoms with E-state index >= 15 is 0 Å². The van der Waals surface area contributed by atoms with Crippen molar-refractivity contribution in [2.75, 3.05) is 0 Å². The molecule has 0 aliphatic heterocycles. The fraction of sp³-hybridized carbons (Fsp3) is 0.667. The molecule has 0 amide bonds. The van der Waals surface area contributed by atoms with E-state index in [-0.39, 0.29) is 0 Å². The van der Waals surface area contributed by atoms with Gasteiger partial charge in [0.05, 0.1) is 6.07 Å². The van der Waals surface area contributed by atoms with Crippen molar-refractivity contribution in [1.82, 2.24) is 0 Å². The molecule has 0 aliphatic rings. The van der Waals surface area contributed by atoms with Crippen molar-refractivity contribution in [1.29, 1.82) is 5.26 Å². The normalized spacial score (nSPS) is 18.7. The van der Waals surface area contributed by atoms with Gasteiger partial charge in [0.2, 0.25) is 0 Å². The molecule has 1 N–H and O–H groups in total. The van der Waals surface area contributed by atoms with E-state index in [0.717, 1.165) is 0 Å². The highest BCUT2D eigenvalue weighted by Gasteiger charge is 2.34. The first-order valence-electron chi connectivity index (χ1n) is 2.70. The number of carbonyl (C=O) groups excluding carboxylic acids is 1. The highest BCUT2D eigenvalue weighted by Crippen LogP contribution is 2.17. The topological polar surface area (TPSA) is 61.1 Å². The number of ketones is 1. The van der Waals surface area contributed by atoms with Crippen LogP contribution in [-0.4, -0.2) is 21.3 Å². The van der Waals surface area contributed by atoms with Crippen LogP contribution >= 0.6 is 15.9 Å². The quantitative estimate of drug-likeness (QED) is 0.673. The van der Waals surface area contributed by atoms with E-state index < -0.39 is 16.2 Å². The SMILES string of the molecule is CC(=O)C(C)(O)C(Br)C#N. The van der Waals surface area contributed by atoms with Crippen LogP contribution in [0.15, 0.2) is 0 Å². The Kier molecular flexibility index (Phi) is 3.00. The Morgan fingerprint density at radius 3 is 2.40 bits per heavy atom. The molecule has 0 fully saturated rings. The Morgan fingerprint density at radius 2 is 2.30 bits per heavy atom. The molecule has 2 atom stereocenters. The smallest absolute Gasteiger partial charge is 0.163 e. The van der Waals surface area contributed by atoms with Crippen LogP contribution < -0.4 is 0 Å². The van der Waals surface area contributed by atoms with E-state index in [1.807, 2.05) is 0 Å². The van der Waals surface area contributed by atoms with Gasteiger partial charge in [-0.05, 0) is 13.8 Å². The molecule has 2 unspecified atom stereocenters. The summed E-state index contributed by atoms with van der Waals surface area (Å²) in [6.45, 7) is 2.55. The molecular weight excluding hydrogens is 198 g/mol. The van der Waals surface area contributed by atoms with Crippen molar-refractivity contribution in [3.05, 3.63) is 0 Å². The molecule has 0 spiro atoms. The number of hydrogen-bond acceptors (Lipinski definition) is 3. The minimum Gasteiger partial charge on any atom is -0.380 e. The van der Waals surface area contributed by atoms with Crippen molar-refractivity contribution in [2.24, 2.45) is 0 Å². The number of nitriles is 1. The molecule has 0 aromatic carbocycles. The lowest BCUT2D eigenvalue weighted by Crippen LogP contribution is -2.41. The molecule has 3 nitrogen and oxygen atoms in total. The lowest BCUT2D eigenvalue weighted by atomic mass is 9.99. The van der Waals surface area contributed by atoms with Gasteiger partial charge < -0.3 is 5.11 Å². The second-order valence-electron chi connectivity index (χ2n) is 2.20. The van der Waals surface area contributed by atoms with Crippen molar-refractivity contribution < 1.29 is 9.90 Å². The third kappa shape index (κ3) is 1.79. The van der Waals surface area contributed by atoms with E-state index in [0.29, 0.717) is 0 Å². The van der Waals surface area contributed by atoms with Gasteiger partial charge in [-0.1, -0.05) is 15.9 Å². The Morgan fingerprint density at radius 1 is 1.90 bits per heavy atom. The molecule has 0 aromatic heterocycles. The molecule has 0 rings (SSSR count). The first kappa shape index (κ1) is 9.60. The number of nitrogens with zero attached hydrogens (tertiary/aromatic N) is 1. The predicted octanol–water partition coefficient (Wildman–Crippen LogP) is 0.613. The number of Topliss-reactive ketones (excluding diaryl/α,β-unsaturated/α-hetero) is 1. The highest BCUT2D eigenvalue weighted by atomic mass is 79.9. The lowest BCUT2D eigenvalue weighted by molar-refractivity contribution is -0.132. The fourth-order valence-electron chi connectivity index (χ4n) is 0.304. The molecule has 0 aliphatic carbocycles. The van der Waals surface area contributed by atoms with Crippen molar-refractivity contribution in [2.45, 2.75) is 24.3 Å². The second kappa shape index (κ2) is 3.13. The number of aliphatic hydroxyl groups is 1. The zero-order chi connectivity index (χ0) is 8.36. The van der Waals surface area contributed by atoms with Crippen molar-refractivity contribution in [3.8, 4) is 6.07 Å². The summed E-state index contributed by atoms with van der Waals surface area (Å²) in [4.78, 5) is 9.80. The number of rotatable bonds is 2. The first-order chi connectivity index (χ1) is 4.42. The molecule has 0 radical (unpaired) electrons. The summed E-state index contributed by atoms with van der Waals surface area (Å²) in [7, 11) is 0. The fourth-order valence-corrected chi connectivity index (χ4v) is 0.627. The molecule has 0 heterocycles. The first-order valence-corrected chi connectivity index (χ1v) is 3.61. The van der Waals surface area contributed by atoms with E-state index in [2.05, 4.69) is 15.9 Å². The minimum atomic E-state index is -1.57. The van der Waals surface area contributed by atoms with Crippen LogP contribution in [0.5, 0.6) is 0 Å². The van der Waals surface area contributed by atoms with Gasteiger partial charge in [-0.25, -0.2) is 0 Å². The van der Waals surface area contributed by atoms with Crippen LogP contribution in [0.1, 0.15) is 13.8 Å². The van der Waals surface area contributed by atoms with Gasteiger partial charge in [0.1, 0.15) is 10.4 Å². The molecule has 10 heavy (non-hydrogen) atoms. The lowest BCUT2D eigenvalue weighted by Gasteiger charge is -2.19. The molecule has 0 bridgehead atoms. The maximum absolute atomic E-state index is 10.6. The van der Waals surface area contributed by atoms with Crippen LogP contribution in [0.4, 0.5) is 0 Å². The van der Waals surface area contributed by atoms with E-state index in [4.69, 9.17) is 5.26 Å². The maximum atomic E-state index is 10.6. The predicted molar refractivity (Wildman–Crippen MR) is 39.6 cm³/mol. The second-order valence-corrected chi connectivity index (χ2v) is 3.11. The van der Waals surface area contributed by atoms with E-state index in [1.54, 1.807) is 6.07 Å².